The zero-order valence-electron chi connectivity index (χ0n) is 17.7. The number of nitrogen functional groups attached to an aromatic ring is 1. The van der Waals surface area contributed by atoms with Crippen molar-refractivity contribution in [3.8, 4) is 16.9 Å². The monoisotopic (exact) mass is 445 g/mol. The van der Waals surface area contributed by atoms with Crippen molar-refractivity contribution in [1.82, 2.24) is 4.90 Å². The van der Waals surface area contributed by atoms with Gasteiger partial charge in [-0.05, 0) is 36.1 Å². The van der Waals surface area contributed by atoms with Crippen molar-refractivity contribution in [2.45, 2.75) is 38.3 Å². The SMILES string of the molecule is COC(=O)C[C@@H]1CC[C@@H](COc2ccc(-c3ccc(C(=N)N)cc3)cc2)N1C(C)=O.Cl. The maximum Gasteiger partial charge on any atom is 0.307 e. The summed E-state index contributed by atoms with van der Waals surface area (Å²) in [5, 5.41) is 7.47. The number of nitrogens with two attached hydrogens (primary N) is 1. The van der Waals surface area contributed by atoms with E-state index in [2.05, 4.69) is 0 Å². The molecule has 1 heterocycles. The Bertz CT molecular complexity index is 915. The smallest absolute Gasteiger partial charge is 0.307 e. The van der Waals surface area contributed by atoms with Gasteiger partial charge in [-0.15, -0.1) is 12.4 Å². The van der Waals surface area contributed by atoms with Crippen molar-refractivity contribution in [3.63, 3.8) is 0 Å². The van der Waals surface area contributed by atoms with E-state index in [1.165, 1.54) is 14.0 Å². The fourth-order valence-electron chi connectivity index (χ4n) is 3.89. The number of carbonyl (C=O) groups is 2. The lowest BCUT2D eigenvalue weighted by Gasteiger charge is -2.28. The van der Waals surface area contributed by atoms with Crippen LogP contribution in [0.1, 0.15) is 31.7 Å². The molecule has 0 spiro atoms. The predicted octanol–water partition coefficient (Wildman–Crippen LogP) is 3.38. The number of benzene rings is 2. The minimum Gasteiger partial charge on any atom is -0.491 e. The van der Waals surface area contributed by atoms with E-state index in [9.17, 15) is 9.59 Å². The van der Waals surface area contributed by atoms with Crippen LogP contribution in [0.2, 0.25) is 0 Å². The minimum absolute atomic E-state index is 0. The number of amidine groups is 1. The average molecular weight is 446 g/mol. The number of esters is 1. The fourth-order valence-corrected chi connectivity index (χ4v) is 3.89. The summed E-state index contributed by atoms with van der Waals surface area (Å²) in [4.78, 5) is 25.5. The number of rotatable bonds is 7. The molecule has 0 unspecified atom stereocenters. The number of nitrogens with zero attached hydrogens (tertiary/aromatic N) is 1. The lowest BCUT2D eigenvalue weighted by Crippen LogP contribution is -2.43. The number of methoxy groups -OCH3 is 1. The van der Waals surface area contributed by atoms with Crippen molar-refractivity contribution in [1.29, 1.82) is 5.41 Å². The summed E-state index contributed by atoms with van der Waals surface area (Å²) in [6.45, 7) is 1.90. The van der Waals surface area contributed by atoms with E-state index < -0.39 is 0 Å². The van der Waals surface area contributed by atoms with Crippen LogP contribution < -0.4 is 10.5 Å². The fraction of sp³-hybridized carbons (Fsp3) is 0.348. The van der Waals surface area contributed by atoms with Gasteiger partial charge in [-0.2, -0.15) is 0 Å². The van der Waals surface area contributed by atoms with E-state index in [1.54, 1.807) is 4.90 Å². The van der Waals surface area contributed by atoms with Crippen molar-refractivity contribution >= 4 is 30.1 Å². The average Bonchev–Trinajstić information content (AvgIpc) is 3.15. The van der Waals surface area contributed by atoms with E-state index >= 15 is 0 Å². The van der Waals surface area contributed by atoms with Crippen LogP contribution in [0.3, 0.4) is 0 Å². The largest absolute Gasteiger partial charge is 0.491 e. The Morgan fingerprint density at radius 2 is 1.58 bits per heavy atom. The number of amides is 1. The second kappa shape index (κ2) is 10.8. The van der Waals surface area contributed by atoms with Gasteiger partial charge < -0.3 is 20.1 Å². The molecule has 2 atom stereocenters. The van der Waals surface area contributed by atoms with Gasteiger partial charge in [-0.1, -0.05) is 36.4 Å². The van der Waals surface area contributed by atoms with Crippen LogP contribution in [-0.2, 0) is 14.3 Å². The molecule has 1 saturated heterocycles. The molecule has 1 aliphatic heterocycles. The first kappa shape index (κ1) is 24.2. The first-order valence-corrected chi connectivity index (χ1v) is 9.92. The van der Waals surface area contributed by atoms with Crippen molar-refractivity contribution < 1.29 is 19.1 Å². The second-order valence-corrected chi connectivity index (χ2v) is 7.42. The van der Waals surface area contributed by atoms with Crippen molar-refractivity contribution in [2.24, 2.45) is 5.73 Å². The minimum atomic E-state index is -0.306. The summed E-state index contributed by atoms with van der Waals surface area (Å²) in [5.74, 6) is 0.406. The molecule has 1 aliphatic rings. The maximum absolute atomic E-state index is 12.1. The molecule has 2 aromatic rings. The second-order valence-electron chi connectivity index (χ2n) is 7.42. The normalized spacial score (nSPS) is 17.5. The van der Waals surface area contributed by atoms with Crippen LogP contribution in [0, 0.1) is 5.41 Å². The highest BCUT2D eigenvalue weighted by Crippen LogP contribution is 2.28. The Hall–Kier alpha value is -3.06. The number of carbonyl (C=O) groups excluding carboxylic acids is 2. The molecule has 1 fully saturated rings. The lowest BCUT2D eigenvalue weighted by atomic mass is 10.0. The quantitative estimate of drug-likeness (QED) is 0.386. The summed E-state index contributed by atoms with van der Waals surface area (Å²) in [6.07, 6.45) is 1.77. The Kier molecular flexibility index (Phi) is 8.45. The van der Waals surface area contributed by atoms with Crippen LogP contribution in [0.4, 0.5) is 0 Å². The standard InChI is InChI=1S/C23H27N3O4.ClH/c1-15(27)26-19(13-22(28)29-2)9-10-20(26)14-30-21-11-7-17(8-12-21)16-3-5-18(6-4-16)23(24)25;/h3-8,11-12,19-20H,9-10,13-14H2,1-2H3,(H3,24,25);1H/t19-,20-;/m0./s1. The van der Waals surface area contributed by atoms with E-state index in [0.29, 0.717) is 12.2 Å². The number of nitrogens with one attached hydrogen (secondary N) is 1. The van der Waals surface area contributed by atoms with Gasteiger partial charge in [0, 0.05) is 18.5 Å². The van der Waals surface area contributed by atoms with Crippen molar-refractivity contribution in [3.05, 3.63) is 54.1 Å². The molecule has 0 radical (unpaired) electrons. The zero-order valence-corrected chi connectivity index (χ0v) is 18.5. The first-order valence-electron chi connectivity index (χ1n) is 9.92. The highest BCUT2D eigenvalue weighted by molar-refractivity contribution is 5.95. The van der Waals surface area contributed by atoms with Gasteiger partial charge in [0.2, 0.25) is 5.91 Å². The molecule has 0 aliphatic carbocycles. The zero-order chi connectivity index (χ0) is 21.7. The van der Waals surface area contributed by atoms with E-state index in [-0.39, 0.29) is 48.6 Å². The summed E-state index contributed by atoms with van der Waals surface area (Å²) in [5.41, 5.74) is 8.24. The molecule has 3 rings (SSSR count). The van der Waals surface area contributed by atoms with Crippen LogP contribution in [-0.4, -0.2) is 48.4 Å². The molecule has 0 bridgehead atoms. The lowest BCUT2D eigenvalue weighted by molar-refractivity contribution is -0.143. The van der Waals surface area contributed by atoms with Crippen molar-refractivity contribution in [2.75, 3.05) is 13.7 Å². The molecule has 166 valence electrons. The summed E-state index contributed by atoms with van der Waals surface area (Å²) >= 11 is 0. The van der Waals surface area contributed by atoms with Crippen LogP contribution in [0.5, 0.6) is 5.75 Å². The first-order chi connectivity index (χ1) is 14.4. The van der Waals surface area contributed by atoms with Crippen LogP contribution in [0.15, 0.2) is 48.5 Å². The molecular weight excluding hydrogens is 418 g/mol. The Balaban J connectivity index is 0.00000341. The van der Waals surface area contributed by atoms with Crippen LogP contribution in [0.25, 0.3) is 11.1 Å². The molecule has 8 heteroatoms. The van der Waals surface area contributed by atoms with Crippen LogP contribution >= 0.6 is 12.4 Å². The Morgan fingerprint density at radius 3 is 2.10 bits per heavy atom. The molecule has 7 nitrogen and oxygen atoms in total. The number of hydrogen-bond donors (Lipinski definition) is 2. The topological polar surface area (TPSA) is 106 Å². The molecule has 0 saturated carbocycles. The third-order valence-electron chi connectivity index (χ3n) is 5.44. The van der Waals surface area contributed by atoms with Gasteiger partial charge in [0.15, 0.2) is 0 Å². The van der Waals surface area contributed by atoms with Gasteiger partial charge >= 0.3 is 5.97 Å². The number of hydrogen-bond acceptors (Lipinski definition) is 5. The van der Waals surface area contributed by atoms with E-state index in [0.717, 1.165) is 29.7 Å². The van der Waals surface area contributed by atoms with E-state index in [4.69, 9.17) is 20.6 Å². The van der Waals surface area contributed by atoms with E-state index in [1.807, 2.05) is 48.5 Å². The summed E-state index contributed by atoms with van der Waals surface area (Å²) < 4.78 is 10.7. The number of likely N-dealkylation sites (tertiary alicyclic amines) is 1. The molecule has 31 heavy (non-hydrogen) atoms. The third-order valence-corrected chi connectivity index (χ3v) is 5.44. The third kappa shape index (κ3) is 5.98. The van der Waals surface area contributed by atoms with Gasteiger partial charge in [0.05, 0.1) is 19.6 Å². The highest BCUT2D eigenvalue weighted by Gasteiger charge is 2.36. The van der Waals surface area contributed by atoms with Gasteiger partial charge in [0.25, 0.3) is 0 Å². The number of ether oxygens (including phenoxy) is 2. The molecule has 2 aromatic carbocycles. The number of halogens is 1. The molecule has 0 aromatic heterocycles. The summed E-state index contributed by atoms with van der Waals surface area (Å²) in [7, 11) is 1.36. The van der Waals surface area contributed by atoms with Gasteiger partial charge in [-0.3, -0.25) is 15.0 Å². The van der Waals surface area contributed by atoms with Gasteiger partial charge in [0.1, 0.15) is 18.2 Å². The Labute approximate surface area is 188 Å². The molecule has 3 N–H and O–H groups in total. The predicted molar refractivity (Wildman–Crippen MR) is 122 cm³/mol. The Morgan fingerprint density at radius 1 is 1.03 bits per heavy atom. The summed E-state index contributed by atoms with van der Waals surface area (Å²) in [6, 6.07) is 15.0. The maximum atomic E-state index is 12.1. The van der Waals surface area contributed by atoms with Gasteiger partial charge in [-0.25, -0.2) is 0 Å². The molecule has 1 amide bonds. The molecular formula is C23H28ClN3O4. The highest BCUT2D eigenvalue weighted by atomic mass is 35.5.